The quantitative estimate of drug-likeness (QED) is 0.407. The number of imide groups is 1. The number of benzene rings is 3. The van der Waals surface area contributed by atoms with Gasteiger partial charge < -0.3 is 9.26 Å². The Morgan fingerprint density at radius 1 is 1.00 bits per heavy atom. The SMILES string of the molecule is C[C@]1(c2cccc(Cn3c(=O)n(-c4noc5ccc(Cl)cc45)c4ccccc43)c2)OC(=O)NC1=O. The number of amides is 2. The van der Waals surface area contributed by atoms with E-state index in [9.17, 15) is 14.4 Å². The first-order valence-corrected chi connectivity index (χ1v) is 11.1. The van der Waals surface area contributed by atoms with E-state index >= 15 is 0 Å². The van der Waals surface area contributed by atoms with Crippen LogP contribution < -0.4 is 11.0 Å². The van der Waals surface area contributed by atoms with Gasteiger partial charge in [-0.25, -0.2) is 14.2 Å². The summed E-state index contributed by atoms with van der Waals surface area (Å²) in [5.74, 6) is -0.191. The van der Waals surface area contributed by atoms with E-state index in [0.29, 0.717) is 38.4 Å². The van der Waals surface area contributed by atoms with Crippen molar-refractivity contribution in [3.05, 3.63) is 93.4 Å². The fraction of sp³-hybridized carbons (Fsp3) is 0.120. The number of alkyl carbamates (subject to hydrolysis) is 1. The number of fused-ring (bicyclic) bond motifs is 2. The van der Waals surface area contributed by atoms with Crippen molar-refractivity contribution in [2.75, 3.05) is 0 Å². The van der Waals surface area contributed by atoms with E-state index in [-0.39, 0.29) is 12.2 Å². The molecule has 1 aliphatic rings. The van der Waals surface area contributed by atoms with Crippen LogP contribution in [0.15, 0.2) is 76.0 Å². The molecule has 1 fully saturated rings. The van der Waals surface area contributed by atoms with Crippen molar-refractivity contribution in [1.29, 1.82) is 0 Å². The van der Waals surface area contributed by atoms with Crippen LogP contribution in [-0.2, 0) is 21.7 Å². The van der Waals surface area contributed by atoms with Gasteiger partial charge in [-0.1, -0.05) is 47.1 Å². The van der Waals surface area contributed by atoms with Crippen LogP contribution in [0, 0.1) is 0 Å². The number of rotatable bonds is 4. The van der Waals surface area contributed by atoms with Crippen LogP contribution in [0.2, 0.25) is 5.02 Å². The minimum Gasteiger partial charge on any atom is -0.428 e. The van der Waals surface area contributed by atoms with E-state index in [4.69, 9.17) is 20.9 Å². The van der Waals surface area contributed by atoms with Crippen LogP contribution in [-0.4, -0.2) is 26.3 Å². The molecule has 3 aromatic carbocycles. The molecule has 0 saturated carbocycles. The van der Waals surface area contributed by atoms with Crippen molar-refractivity contribution >= 4 is 45.6 Å². The molecule has 5 aromatic rings. The van der Waals surface area contributed by atoms with Gasteiger partial charge in [0.25, 0.3) is 5.91 Å². The van der Waals surface area contributed by atoms with E-state index < -0.39 is 17.6 Å². The topological polar surface area (TPSA) is 108 Å². The summed E-state index contributed by atoms with van der Waals surface area (Å²) in [5.41, 5.74) is 1.36. The second-order valence-corrected chi connectivity index (χ2v) is 8.85. The Hall–Kier alpha value is -4.37. The minimum absolute atomic E-state index is 0.211. The van der Waals surface area contributed by atoms with Gasteiger partial charge in [0.2, 0.25) is 5.60 Å². The van der Waals surface area contributed by atoms with E-state index in [1.165, 1.54) is 11.5 Å². The zero-order valence-electron chi connectivity index (χ0n) is 18.3. The van der Waals surface area contributed by atoms with E-state index in [1.54, 1.807) is 41.0 Å². The largest absolute Gasteiger partial charge is 0.428 e. The lowest BCUT2D eigenvalue weighted by atomic mass is 9.94. The summed E-state index contributed by atoms with van der Waals surface area (Å²) in [6, 6.07) is 19.5. The molecule has 10 heteroatoms. The van der Waals surface area contributed by atoms with Crippen LogP contribution >= 0.6 is 11.6 Å². The molecule has 0 bridgehead atoms. The number of nitrogens with one attached hydrogen (secondary N) is 1. The molecular formula is C25H17ClN4O5. The molecule has 9 nitrogen and oxygen atoms in total. The van der Waals surface area contributed by atoms with Crippen molar-refractivity contribution in [2.45, 2.75) is 19.1 Å². The van der Waals surface area contributed by atoms with Crippen LogP contribution in [0.4, 0.5) is 4.79 Å². The van der Waals surface area contributed by atoms with Crippen LogP contribution in [0.5, 0.6) is 0 Å². The maximum atomic E-state index is 13.7. The first-order valence-electron chi connectivity index (χ1n) is 10.7. The molecule has 3 heterocycles. The third kappa shape index (κ3) is 3.23. The summed E-state index contributed by atoms with van der Waals surface area (Å²) in [7, 11) is 0. The molecule has 35 heavy (non-hydrogen) atoms. The average molecular weight is 489 g/mol. The Bertz CT molecular complexity index is 1730. The van der Waals surface area contributed by atoms with Crippen LogP contribution in [0.1, 0.15) is 18.1 Å². The van der Waals surface area contributed by atoms with Crippen molar-refractivity contribution in [3.8, 4) is 5.82 Å². The molecule has 174 valence electrons. The lowest BCUT2D eigenvalue weighted by Gasteiger charge is -2.20. The zero-order valence-corrected chi connectivity index (χ0v) is 19.1. The second-order valence-electron chi connectivity index (χ2n) is 8.42. The number of carbonyl (C=O) groups is 2. The lowest BCUT2D eigenvalue weighted by Crippen LogP contribution is -2.33. The molecule has 0 radical (unpaired) electrons. The Labute approximate surface area is 202 Å². The zero-order chi connectivity index (χ0) is 24.3. The number of ether oxygens (including phenoxy) is 1. The third-order valence-electron chi connectivity index (χ3n) is 6.22. The molecule has 2 amide bonds. The number of halogens is 1. The third-order valence-corrected chi connectivity index (χ3v) is 6.46. The number of cyclic esters (lactones) is 1. The highest BCUT2D eigenvalue weighted by molar-refractivity contribution is 6.31. The van der Waals surface area contributed by atoms with E-state index in [0.717, 1.165) is 5.56 Å². The number of carbonyl (C=O) groups excluding carboxylic acids is 2. The van der Waals surface area contributed by atoms with Gasteiger partial charge in [-0.05, 0) is 48.9 Å². The monoisotopic (exact) mass is 488 g/mol. The fourth-order valence-electron chi connectivity index (χ4n) is 4.43. The van der Waals surface area contributed by atoms with Gasteiger partial charge in [0.1, 0.15) is 0 Å². The molecule has 1 N–H and O–H groups in total. The molecule has 1 saturated heterocycles. The summed E-state index contributed by atoms with van der Waals surface area (Å²) in [6.07, 6.45) is -0.790. The Morgan fingerprint density at radius 2 is 1.80 bits per heavy atom. The van der Waals surface area contributed by atoms with Gasteiger partial charge in [0.15, 0.2) is 11.4 Å². The van der Waals surface area contributed by atoms with E-state index in [1.807, 2.05) is 30.3 Å². The standard InChI is InChI=1S/C25H17ClN4O5/c1-25(22(31)27-23(32)34-25)15-6-4-5-14(11-15)13-29-18-7-2-3-8-19(18)30(24(29)33)21-17-12-16(26)9-10-20(17)35-28-21/h2-12H,13H2,1H3,(H,27,31,32)/t25-/m1/s1. The molecule has 2 aromatic heterocycles. The predicted molar refractivity (Wildman–Crippen MR) is 128 cm³/mol. The van der Waals surface area contributed by atoms with Crippen LogP contribution in [0.25, 0.3) is 27.8 Å². The first-order chi connectivity index (χ1) is 16.8. The lowest BCUT2D eigenvalue weighted by molar-refractivity contribution is -0.130. The van der Waals surface area contributed by atoms with Gasteiger partial charge in [-0.2, -0.15) is 0 Å². The fourth-order valence-corrected chi connectivity index (χ4v) is 4.61. The number of imidazole rings is 1. The van der Waals surface area contributed by atoms with Gasteiger partial charge in [-0.3, -0.25) is 14.7 Å². The highest BCUT2D eigenvalue weighted by atomic mass is 35.5. The highest BCUT2D eigenvalue weighted by Gasteiger charge is 2.46. The van der Waals surface area contributed by atoms with Gasteiger partial charge >= 0.3 is 11.8 Å². The summed E-state index contributed by atoms with van der Waals surface area (Å²) < 4.78 is 13.8. The number of para-hydroxylation sites is 2. The molecule has 6 rings (SSSR count). The number of hydrogen-bond donors (Lipinski definition) is 1. The van der Waals surface area contributed by atoms with Crippen molar-refractivity contribution in [3.63, 3.8) is 0 Å². The number of aromatic nitrogens is 3. The molecular weight excluding hydrogens is 472 g/mol. The molecule has 1 atom stereocenters. The second kappa shape index (κ2) is 7.57. The Morgan fingerprint density at radius 3 is 2.57 bits per heavy atom. The van der Waals surface area contributed by atoms with Gasteiger partial charge in [-0.15, -0.1) is 0 Å². The predicted octanol–water partition coefficient (Wildman–Crippen LogP) is 4.12. The Kier molecular flexibility index (Phi) is 4.58. The molecule has 1 aliphatic heterocycles. The summed E-state index contributed by atoms with van der Waals surface area (Å²) in [5, 5.41) is 7.43. The maximum absolute atomic E-state index is 13.7. The van der Waals surface area contributed by atoms with Crippen LogP contribution in [0.3, 0.4) is 0 Å². The number of nitrogens with zero attached hydrogens (tertiary/aromatic N) is 3. The smallest absolute Gasteiger partial charge is 0.415 e. The van der Waals surface area contributed by atoms with Gasteiger partial charge in [0, 0.05) is 10.6 Å². The minimum atomic E-state index is -1.44. The highest BCUT2D eigenvalue weighted by Crippen LogP contribution is 2.31. The van der Waals surface area contributed by atoms with Gasteiger partial charge in [0.05, 0.1) is 23.0 Å². The van der Waals surface area contributed by atoms with Crippen molar-refractivity contribution in [2.24, 2.45) is 0 Å². The van der Waals surface area contributed by atoms with Crippen molar-refractivity contribution < 1.29 is 18.8 Å². The molecule has 0 spiro atoms. The Balaban J connectivity index is 1.48. The summed E-state index contributed by atoms with van der Waals surface area (Å²) in [4.78, 5) is 37.6. The normalized spacial score (nSPS) is 17.8. The molecule has 0 aliphatic carbocycles. The maximum Gasteiger partial charge on any atom is 0.415 e. The van der Waals surface area contributed by atoms with Crippen molar-refractivity contribution in [1.82, 2.24) is 19.6 Å². The van der Waals surface area contributed by atoms with E-state index in [2.05, 4.69) is 10.5 Å². The molecule has 0 unspecified atom stereocenters. The summed E-state index contributed by atoms with van der Waals surface area (Å²) in [6.45, 7) is 1.74. The summed E-state index contributed by atoms with van der Waals surface area (Å²) >= 11 is 6.18. The average Bonchev–Trinajstić information content (AvgIpc) is 3.46. The first kappa shape index (κ1) is 21.2. The number of hydrogen-bond acceptors (Lipinski definition) is 6.